The number of hydrogen-bond acceptors (Lipinski definition) is 5. The first kappa shape index (κ1) is 16.3. The van der Waals surface area contributed by atoms with Crippen molar-refractivity contribution < 1.29 is 14.1 Å². The van der Waals surface area contributed by atoms with Crippen LogP contribution in [0.2, 0.25) is 0 Å². The fourth-order valence-corrected chi connectivity index (χ4v) is 4.28. The van der Waals surface area contributed by atoms with E-state index in [1.807, 2.05) is 24.0 Å². The molecule has 2 aromatic rings. The van der Waals surface area contributed by atoms with Crippen LogP contribution in [-0.4, -0.2) is 40.6 Å². The van der Waals surface area contributed by atoms with E-state index in [4.69, 9.17) is 9.26 Å². The molecule has 1 aliphatic carbocycles. The van der Waals surface area contributed by atoms with Gasteiger partial charge in [-0.05, 0) is 43.4 Å². The zero-order chi connectivity index (χ0) is 17.3. The van der Waals surface area contributed by atoms with E-state index >= 15 is 0 Å². The Hall–Kier alpha value is -2.21. The predicted octanol–water partition coefficient (Wildman–Crippen LogP) is 2.84. The number of fused-ring (bicyclic) bond motifs is 1. The van der Waals surface area contributed by atoms with Gasteiger partial charge in [0.25, 0.3) is 5.91 Å². The number of aromatic nitrogens is 2. The van der Waals surface area contributed by atoms with E-state index in [9.17, 15) is 4.79 Å². The third-order valence-corrected chi connectivity index (χ3v) is 5.57. The molecule has 0 aromatic carbocycles. The van der Waals surface area contributed by atoms with Crippen LogP contribution in [0.15, 0.2) is 35.1 Å². The van der Waals surface area contributed by atoms with E-state index in [2.05, 4.69) is 10.1 Å². The lowest BCUT2D eigenvalue weighted by Gasteiger charge is -2.28. The van der Waals surface area contributed by atoms with Crippen molar-refractivity contribution >= 4 is 5.91 Å². The number of ether oxygens (including phenoxy) is 1. The topological polar surface area (TPSA) is 68.5 Å². The maximum atomic E-state index is 12.7. The number of rotatable bonds is 5. The maximum absolute atomic E-state index is 12.7. The van der Waals surface area contributed by atoms with Gasteiger partial charge in [0.1, 0.15) is 0 Å². The van der Waals surface area contributed by atoms with Gasteiger partial charge in [0.05, 0.1) is 18.9 Å². The number of pyridine rings is 1. The Morgan fingerprint density at radius 1 is 1.44 bits per heavy atom. The Balaban J connectivity index is 1.41. The van der Waals surface area contributed by atoms with Gasteiger partial charge in [-0.1, -0.05) is 11.6 Å². The van der Waals surface area contributed by atoms with Crippen molar-refractivity contribution in [1.82, 2.24) is 15.0 Å². The molecule has 2 aliphatic rings. The second-order valence-electron chi connectivity index (χ2n) is 7.32. The van der Waals surface area contributed by atoms with Gasteiger partial charge in [-0.15, -0.1) is 0 Å². The summed E-state index contributed by atoms with van der Waals surface area (Å²) in [7, 11) is 0. The first-order chi connectivity index (χ1) is 12.2. The Morgan fingerprint density at radius 2 is 2.28 bits per heavy atom. The minimum absolute atomic E-state index is 0.0523. The van der Waals surface area contributed by atoms with E-state index < -0.39 is 0 Å². The lowest BCUT2D eigenvalue weighted by atomic mass is 9.81. The van der Waals surface area contributed by atoms with E-state index in [0.29, 0.717) is 24.9 Å². The molecule has 0 spiro atoms. The molecule has 132 valence electrons. The lowest BCUT2D eigenvalue weighted by molar-refractivity contribution is 0.0262. The van der Waals surface area contributed by atoms with Crippen LogP contribution in [-0.2, 0) is 11.3 Å². The molecule has 0 radical (unpaired) electrons. The molecule has 6 heteroatoms. The standard InChI is InChI=1S/C19H23N3O3/c1-14-9-17(25-21-14)18(23)22-10-16-3-2-6-19(16,12-22)13-24-11-15-4-7-20-8-5-15/h4-5,7-9,16H,2-3,6,10-13H2,1H3/t16-,19+/m0/s1. The second kappa shape index (κ2) is 6.59. The van der Waals surface area contributed by atoms with Gasteiger partial charge in [0.2, 0.25) is 5.76 Å². The number of amides is 1. The van der Waals surface area contributed by atoms with Crippen molar-refractivity contribution in [2.24, 2.45) is 11.3 Å². The molecule has 6 nitrogen and oxygen atoms in total. The average Bonchev–Trinajstić information content (AvgIpc) is 3.29. The molecule has 0 bridgehead atoms. The van der Waals surface area contributed by atoms with Crippen molar-refractivity contribution in [3.05, 3.63) is 47.6 Å². The minimum Gasteiger partial charge on any atom is -0.376 e. The highest BCUT2D eigenvalue weighted by atomic mass is 16.5. The Labute approximate surface area is 147 Å². The van der Waals surface area contributed by atoms with Crippen molar-refractivity contribution in [3.8, 4) is 0 Å². The summed E-state index contributed by atoms with van der Waals surface area (Å²) in [6.45, 7) is 4.64. The molecule has 2 atom stereocenters. The normalized spacial score (nSPS) is 25.3. The van der Waals surface area contributed by atoms with Crippen LogP contribution in [0.1, 0.15) is 41.1 Å². The molecule has 4 rings (SSSR count). The van der Waals surface area contributed by atoms with Crippen molar-refractivity contribution in [2.75, 3.05) is 19.7 Å². The Bertz CT molecular complexity index is 745. The van der Waals surface area contributed by atoms with Gasteiger partial charge in [-0.3, -0.25) is 9.78 Å². The van der Waals surface area contributed by atoms with Crippen LogP contribution in [0, 0.1) is 18.3 Å². The summed E-state index contributed by atoms with van der Waals surface area (Å²) in [4.78, 5) is 18.6. The molecule has 1 aliphatic heterocycles. The number of hydrogen-bond donors (Lipinski definition) is 0. The molecule has 2 aromatic heterocycles. The zero-order valence-corrected chi connectivity index (χ0v) is 14.5. The summed E-state index contributed by atoms with van der Waals surface area (Å²) in [6, 6.07) is 5.66. The molecule has 1 saturated heterocycles. The smallest absolute Gasteiger partial charge is 0.292 e. The number of carbonyl (C=O) groups excluding carboxylic acids is 1. The maximum Gasteiger partial charge on any atom is 0.292 e. The van der Waals surface area contributed by atoms with E-state index in [1.54, 1.807) is 18.5 Å². The van der Waals surface area contributed by atoms with Crippen molar-refractivity contribution in [2.45, 2.75) is 32.8 Å². The summed E-state index contributed by atoms with van der Waals surface area (Å²) < 4.78 is 11.2. The Kier molecular flexibility index (Phi) is 4.29. The highest BCUT2D eigenvalue weighted by Gasteiger charge is 2.51. The number of aryl methyl sites for hydroxylation is 1. The summed E-state index contributed by atoms with van der Waals surface area (Å²) in [6.07, 6.45) is 7.06. The zero-order valence-electron chi connectivity index (χ0n) is 14.5. The highest BCUT2D eigenvalue weighted by molar-refractivity contribution is 5.91. The van der Waals surface area contributed by atoms with Gasteiger partial charge in [0.15, 0.2) is 0 Å². The number of likely N-dealkylation sites (tertiary alicyclic amines) is 1. The molecule has 1 amide bonds. The van der Waals surface area contributed by atoms with Gasteiger partial charge in [-0.2, -0.15) is 0 Å². The summed E-state index contributed by atoms with van der Waals surface area (Å²) in [5.74, 6) is 0.798. The first-order valence-corrected chi connectivity index (χ1v) is 8.85. The summed E-state index contributed by atoms with van der Waals surface area (Å²) >= 11 is 0. The van der Waals surface area contributed by atoms with Gasteiger partial charge in [0, 0.05) is 37.0 Å². The molecule has 1 saturated carbocycles. The highest BCUT2D eigenvalue weighted by Crippen LogP contribution is 2.49. The molecule has 0 unspecified atom stereocenters. The fraction of sp³-hybridized carbons (Fsp3) is 0.526. The minimum atomic E-state index is -0.0523. The molecule has 25 heavy (non-hydrogen) atoms. The third-order valence-electron chi connectivity index (χ3n) is 5.57. The molecule has 0 N–H and O–H groups in total. The fourth-order valence-electron chi connectivity index (χ4n) is 4.28. The van der Waals surface area contributed by atoms with Crippen LogP contribution in [0.4, 0.5) is 0 Å². The van der Waals surface area contributed by atoms with E-state index in [-0.39, 0.29) is 11.3 Å². The van der Waals surface area contributed by atoms with Crippen LogP contribution < -0.4 is 0 Å². The van der Waals surface area contributed by atoms with E-state index in [1.165, 1.54) is 6.42 Å². The van der Waals surface area contributed by atoms with Crippen molar-refractivity contribution in [1.29, 1.82) is 0 Å². The van der Waals surface area contributed by atoms with Crippen molar-refractivity contribution in [3.63, 3.8) is 0 Å². The average molecular weight is 341 g/mol. The van der Waals surface area contributed by atoms with Gasteiger partial charge < -0.3 is 14.2 Å². The number of nitrogens with zero attached hydrogens (tertiary/aromatic N) is 3. The SMILES string of the molecule is Cc1cc(C(=O)N2C[C@@H]3CCC[C@]3(COCc3ccncc3)C2)on1. The monoisotopic (exact) mass is 341 g/mol. The Morgan fingerprint density at radius 3 is 3.04 bits per heavy atom. The van der Waals surface area contributed by atoms with Crippen LogP contribution >= 0.6 is 0 Å². The quantitative estimate of drug-likeness (QED) is 0.836. The predicted molar refractivity (Wildman–Crippen MR) is 90.8 cm³/mol. The van der Waals surface area contributed by atoms with Crippen LogP contribution in [0.5, 0.6) is 0 Å². The lowest BCUT2D eigenvalue weighted by Crippen LogP contribution is -2.34. The van der Waals surface area contributed by atoms with Gasteiger partial charge >= 0.3 is 0 Å². The van der Waals surface area contributed by atoms with E-state index in [0.717, 1.165) is 37.2 Å². The van der Waals surface area contributed by atoms with Crippen LogP contribution in [0.25, 0.3) is 0 Å². The summed E-state index contributed by atoms with van der Waals surface area (Å²) in [5, 5.41) is 3.83. The molecular formula is C19H23N3O3. The second-order valence-corrected chi connectivity index (χ2v) is 7.32. The molecule has 2 fully saturated rings. The summed E-state index contributed by atoms with van der Waals surface area (Å²) in [5.41, 5.74) is 1.94. The molecule has 3 heterocycles. The first-order valence-electron chi connectivity index (χ1n) is 8.85. The third kappa shape index (κ3) is 3.18. The van der Waals surface area contributed by atoms with Gasteiger partial charge in [-0.25, -0.2) is 0 Å². The number of carbonyl (C=O) groups is 1. The molecular weight excluding hydrogens is 318 g/mol. The van der Waals surface area contributed by atoms with Crippen LogP contribution in [0.3, 0.4) is 0 Å². The largest absolute Gasteiger partial charge is 0.376 e.